The molecule has 0 atom stereocenters. The van der Waals surface area contributed by atoms with Crippen LogP contribution in [-0.4, -0.2) is 5.91 Å². The highest BCUT2D eigenvalue weighted by Gasteiger charge is 2.34. The second-order valence-electron chi connectivity index (χ2n) is 5.38. The summed E-state index contributed by atoms with van der Waals surface area (Å²) in [4.78, 5) is 14.3. The van der Waals surface area contributed by atoms with Crippen LogP contribution in [0.2, 0.25) is 0 Å². The van der Waals surface area contributed by atoms with E-state index in [1.54, 1.807) is 26.0 Å². The van der Waals surface area contributed by atoms with Crippen molar-refractivity contribution in [1.29, 1.82) is 0 Å². The lowest BCUT2D eigenvalue weighted by Crippen LogP contribution is -2.11. The maximum atomic E-state index is 13.2. The summed E-state index contributed by atoms with van der Waals surface area (Å²) in [6.07, 6.45) is -4.56. The van der Waals surface area contributed by atoms with Crippen LogP contribution in [0, 0.1) is 13.8 Å². The van der Waals surface area contributed by atoms with Gasteiger partial charge in [-0.2, -0.15) is 13.2 Å². The number of aryl methyl sites for hydroxylation is 2. The highest BCUT2D eigenvalue weighted by Crippen LogP contribution is 2.37. The smallest absolute Gasteiger partial charge is 0.419 e. The van der Waals surface area contributed by atoms with Crippen molar-refractivity contribution < 1.29 is 22.7 Å². The summed E-state index contributed by atoms with van der Waals surface area (Å²) in [5, 5.41) is 3.03. The molecule has 2 rings (SSSR count). The summed E-state index contributed by atoms with van der Waals surface area (Å²) in [6, 6.07) is 8.46. The van der Waals surface area contributed by atoms with Crippen molar-refractivity contribution in [3.05, 3.63) is 74.7 Å². The van der Waals surface area contributed by atoms with Gasteiger partial charge in [0.15, 0.2) is 0 Å². The Bertz CT molecular complexity index is 857. The first-order valence-electron chi connectivity index (χ1n) is 7.22. The average molecular weight is 349 g/mol. The Hall–Kier alpha value is -2.99. The molecule has 130 valence electrons. The fourth-order valence-electron chi connectivity index (χ4n) is 2.33. The molecular formula is C17H14F3N3O2. The van der Waals surface area contributed by atoms with Gasteiger partial charge in [-0.05, 0) is 42.2 Å². The molecule has 0 bridgehead atoms. The Morgan fingerprint density at radius 3 is 2.60 bits per heavy atom. The molecule has 0 aliphatic heterocycles. The number of nitrogens with zero attached hydrogens (tertiary/aromatic N) is 3. The number of azide groups is 1. The Morgan fingerprint density at radius 1 is 1.24 bits per heavy atom. The predicted molar refractivity (Wildman–Crippen MR) is 85.2 cm³/mol. The average Bonchev–Trinajstić information content (AvgIpc) is 2.53. The van der Waals surface area contributed by atoms with E-state index in [9.17, 15) is 18.0 Å². The summed E-state index contributed by atoms with van der Waals surface area (Å²) >= 11 is 0. The van der Waals surface area contributed by atoms with Gasteiger partial charge < -0.3 is 4.74 Å². The van der Waals surface area contributed by atoms with Crippen LogP contribution in [0.4, 0.5) is 13.2 Å². The molecule has 25 heavy (non-hydrogen) atoms. The second kappa shape index (κ2) is 7.27. The molecule has 1 amide bonds. The molecule has 0 aliphatic rings. The van der Waals surface area contributed by atoms with Gasteiger partial charge in [-0.25, -0.2) is 0 Å². The molecule has 0 heterocycles. The van der Waals surface area contributed by atoms with E-state index in [2.05, 4.69) is 10.0 Å². The molecule has 0 unspecified atom stereocenters. The maximum absolute atomic E-state index is 13.2. The van der Waals surface area contributed by atoms with Gasteiger partial charge in [-0.15, -0.1) is 0 Å². The lowest BCUT2D eigenvalue weighted by Gasteiger charge is -2.16. The molecule has 0 fully saturated rings. The van der Waals surface area contributed by atoms with Crippen LogP contribution in [0.3, 0.4) is 0 Å². The molecule has 5 nitrogen and oxygen atoms in total. The van der Waals surface area contributed by atoms with E-state index in [1.165, 1.54) is 18.2 Å². The van der Waals surface area contributed by atoms with Crippen LogP contribution in [0.5, 0.6) is 5.75 Å². The summed E-state index contributed by atoms with van der Waals surface area (Å²) in [5.74, 6) is -1.15. The van der Waals surface area contributed by atoms with E-state index in [-0.39, 0.29) is 17.9 Å². The van der Waals surface area contributed by atoms with Crippen molar-refractivity contribution in [2.75, 3.05) is 0 Å². The summed E-state index contributed by atoms with van der Waals surface area (Å²) in [7, 11) is 0. The fraction of sp³-hybridized carbons (Fsp3) is 0.235. The van der Waals surface area contributed by atoms with Crippen LogP contribution < -0.4 is 4.74 Å². The third-order valence-electron chi connectivity index (χ3n) is 3.59. The first-order valence-corrected chi connectivity index (χ1v) is 7.22. The third-order valence-corrected chi connectivity index (χ3v) is 3.59. The van der Waals surface area contributed by atoms with Gasteiger partial charge in [0.05, 0.1) is 5.56 Å². The summed E-state index contributed by atoms with van der Waals surface area (Å²) in [6.45, 7) is 2.98. The summed E-state index contributed by atoms with van der Waals surface area (Å²) in [5.41, 5.74) is 9.07. The number of halogens is 3. The van der Waals surface area contributed by atoms with Crippen molar-refractivity contribution in [2.24, 2.45) is 5.11 Å². The number of amides is 1. The highest BCUT2D eigenvalue weighted by atomic mass is 19.4. The molecule has 0 saturated carbocycles. The Morgan fingerprint density at radius 2 is 1.96 bits per heavy atom. The SMILES string of the molecule is Cc1ccc(OCc2c(C)cccc2C(=O)N=[N+]=[N-])c(C(F)(F)F)c1. The van der Waals surface area contributed by atoms with Gasteiger partial charge in [0.2, 0.25) is 5.91 Å². The van der Waals surface area contributed by atoms with E-state index in [0.29, 0.717) is 16.7 Å². The van der Waals surface area contributed by atoms with Gasteiger partial charge in [0, 0.05) is 16.0 Å². The standard InChI is InChI=1S/C17H14F3N3O2/c1-10-6-7-15(14(8-10)17(18,19)20)25-9-13-11(2)4-3-5-12(13)16(24)22-23-21/h3-8H,9H2,1-2H3. The van der Waals surface area contributed by atoms with Crippen molar-refractivity contribution in [2.45, 2.75) is 26.6 Å². The number of alkyl halides is 3. The fourth-order valence-corrected chi connectivity index (χ4v) is 2.33. The largest absolute Gasteiger partial charge is 0.488 e. The van der Waals surface area contributed by atoms with Crippen LogP contribution in [0.1, 0.15) is 32.6 Å². The number of hydrogen-bond acceptors (Lipinski definition) is 2. The predicted octanol–water partition coefficient (Wildman–Crippen LogP) is 5.35. The van der Waals surface area contributed by atoms with Crippen LogP contribution in [0.15, 0.2) is 41.5 Å². The number of ether oxygens (including phenoxy) is 1. The van der Waals surface area contributed by atoms with Crippen molar-refractivity contribution in [1.82, 2.24) is 0 Å². The first kappa shape index (κ1) is 18.4. The third kappa shape index (κ3) is 4.30. The molecule has 2 aromatic carbocycles. The molecule has 0 radical (unpaired) electrons. The molecular weight excluding hydrogens is 335 g/mol. The lowest BCUT2D eigenvalue weighted by atomic mass is 10.0. The zero-order valence-corrected chi connectivity index (χ0v) is 13.5. The van der Waals surface area contributed by atoms with Crippen LogP contribution >= 0.6 is 0 Å². The van der Waals surface area contributed by atoms with E-state index >= 15 is 0 Å². The minimum atomic E-state index is -4.56. The van der Waals surface area contributed by atoms with E-state index in [4.69, 9.17) is 10.3 Å². The van der Waals surface area contributed by atoms with Crippen LogP contribution in [0.25, 0.3) is 10.4 Å². The monoisotopic (exact) mass is 349 g/mol. The van der Waals surface area contributed by atoms with Gasteiger partial charge in [-0.1, -0.05) is 29.8 Å². The Labute approximate surface area is 141 Å². The molecule has 0 aromatic heterocycles. The zero-order valence-electron chi connectivity index (χ0n) is 13.5. The van der Waals surface area contributed by atoms with Gasteiger partial charge in [-0.3, -0.25) is 4.79 Å². The molecule has 8 heteroatoms. The number of carbonyl (C=O) groups is 1. The Balaban J connectivity index is 2.38. The second-order valence-corrected chi connectivity index (χ2v) is 5.38. The van der Waals surface area contributed by atoms with Crippen LogP contribution in [-0.2, 0) is 12.8 Å². The molecule has 0 N–H and O–H groups in total. The maximum Gasteiger partial charge on any atom is 0.419 e. The van der Waals surface area contributed by atoms with Gasteiger partial charge in [0.1, 0.15) is 12.4 Å². The number of rotatable bonds is 4. The number of hydrogen-bond donors (Lipinski definition) is 0. The lowest BCUT2D eigenvalue weighted by molar-refractivity contribution is -0.139. The highest BCUT2D eigenvalue weighted by molar-refractivity contribution is 5.96. The van der Waals surface area contributed by atoms with Crippen molar-refractivity contribution >= 4 is 5.91 Å². The summed E-state index contributed by atoms with van der Waals surface area (Å²) < 4.78 is 44.8. The van der Waals surface area contributed by atoms with E-state index < -0.39 is 17.6 Å². The zero-order chi connectivity index (χ0) is 18.6. The minimum absolute atomic E-state index is 0.0958. The first-order chi connectivity index (χ1) is 11.7. The normalized spacial score (nSPS) is 10.9. The van der Waals surface area contributed by atoms with Gasteiger partial charge in [0.25, 0.3) is 0 Å². The van der Waals surface area contributed by atoms with Crippen molar-refractivity contribution in [3.8, 4) is 5.75 Å². The van der Waals surface area contributed by atoms with E-state index in [0.717, 1.165) is 6.07 Å². The molecule has 0 spiro atoms. The molecule has 2 aromatic rings. The molecule has 0 saturated heterocycles. The number of benzene rings is 2. The van der Waals surface area contributed by atoms with Crippen molar-refractivity contribution in [3.63, 3.8) is 0 Å². The minimum Gasteiger partial charge on any atom is -0.488 e. The molecule has 0 aliphatic carbocycles. The van der Waals surface area contributed by atoms with E-state index in [1.807, 2.05) is 0 Å². The van der Waals surface area contributed by atoms with Gasteiger partial charge >= 0.3 is 6.18 Å². The Kier molecular flexibility index (Phi) is 5.34. The topological polar surface area (TPSA) is 75.1 Å². The quantitative estimate of drug-likeness (QED) is 0.424. The number of carbonyl (C=O) groups excluding carboxylic acids is 1.